The highest BCUT2D eigenvalue weighted by Crippen LogP contribution is 2.15. The molecule has 106 valence electrons. The third-order valence-corrected chi connectivity index (χ3v) is 3.25. The minimum absolute atomic E-state index is 0.00156. The molecule has 0 aliphatic carbocycles. The minimum atomic E-state index is -0.273. The average molecular weight is 276 g/mol. The van der Waals surface area contributed by atoms with Crippen molar-refractivity contribution in [2.75, 3.05) is 31.1 Å². The van der Waals surface area contributed by atoms with E-state index in [0.29, 0.717) is 31.1 Å². The molecule has 0 bridgehead atoms. The van der Waals surface area contributed by atoms with Gasteiger partial charge in [0.15, 0.2) is 11.5 Å². The van der Waals surface area contributed by atoms with Crippen LogP contribution in [0.15, 0.2) is 12.1 Å². The van der Waals surface area contributed by atoms with Gasteiger partial charge in [0.2, 0.25) is 5.91 Å². The molecule has 3 heterocycles. The Bertz CT molecular complexity index is 611. The summed E-state index contributed by atoms with van der Waals surface area (Å²) >= 11 is 0. The van der Waals surface area contributed by atoms with Crippen LogP contribution in [0, 0.1) is 0 Å². The van der Waals surface area contributed by atoms with Crippen LogP contribution in [0.3, 0.4) is 0 Å². The third kappa shape index (κ3) is 2.27. The number of nitrogens with one attached hydrogen (secondary N) is 2. The van der Waals surface area contributed by atoms with E-state index in [1.807, 2.05) is 17.9 Å². The summed E-state index contributed by atoms with van der Waals surface area (Å²) in [4.78, 5) is 14.1. The molecule has 0 aromatic carbocycles. The van der Waals surface area contributed by atoms with Gasteiger partial charge in [-0.25, -0.2) is 0 Å². The standard InChI is InChI=1S/C11H16N8O/c1-2-13-11(20)8-7-12-5-6-18(8)10-4-3-9-14-16-17-19(9)15-10/h3-4,8,12H,2,5-7H2,1H3,(H,13,20). The fraction of sp³-hybridized carbons (Fsp3) is 0.545. The van der Waals surface area contributed by atoms with Crippen LogP contribution in [0.1, 0.15) is 6.92 Å². The van der Waals surface area contributed by atoms with Crippen LogP contribution in [0.2, 0.25) is 0 Å². The van der Waals surface area contributed by atoms with Crippen LogP contribution in [0.4, 0.5) is 5.82 Å². The molecule has 2 N–H and O–H groups in total. The number of amides is 1. The van der Waals surface area contributed by atoms with E-state index in [2.05, 4.69) is 31.3 Å². The number of fused-ring (bicyclic) bond motifs is 1. The Morgan fingerprint density at radius 1 is 1.55 bits per heavy atom. The SMILES string of the molecule is CCNC(=O)C1CNCCN1c1ccc2nnnn2n1. The van der Waals surface area contributed by atoms with Crippen molar-refractivity contribution in [3.8, 4) is 0 Å². The van der Waals surface area contributed by atoms with E-state index in [1.165, 1.54) is 4.63 Å². The second kappa shape index (κ2) is 5.37. The van der Waals surface area contributed by atoms with Gasteiger partial charge in [-0.15, -0.1) is 14.8 Å². The first-order valence-electron chi connectivity index (χ1n) is 6.60. The van der Waals surface area contributed by atoms with Gasteiger partial charge in [0.25, 0.3) is 0 Å². The molecule has 0 spiro atoms. The van der Waals surface area contributed by atoms with E-state index in [9.17, 15) is 4.79 Å². The molecule has 0 radical (unpaired) electrons. The summed E-state index contributed by atoms with van der Waals surface area (Å²) in [7, 11) is 0. The number of anilines is 1. The quantitative estimate of drug-likeness (QED) is 0.698. The highest BCUT2D eigenvalue weighted by Gasteiger charge is 2.29. The number of piperazine rings is 1. The molecule has 9 nitrogen and oxygen atoms in total. The lowest BCUT2D eigenvalue weighted by atomic mass is 10.1. The maximum absolute atomic E-state index is 12.1. The van der Waals surface area contributed by atoms with Gasteiger partial charge in [0.05, 0.1) is 0 Å². The number of nitrogens with zero attached hydrogens (tertiary/aromatic N) is 6. The largest absolute Gasteiger partial charge is 0.355 e. The lowest BCUT2D eigenvalue weighted by molar-refractivity contribution is -0.122. The van der Waals surface area contributed by atoms with Crippen LogP contribution < -0.4 is 15.5 Å². The number of carbonyl (C=O) groups excluding carboxylic acids is 1. The van der Waals surface area contributed by atoms with Crippen LogP contribution in [-0.2, 0) is 4.79 Å². The fourth-order valence-corrected chi connectivity index (χ4v) is 2.30. The molecule has 0 saturated carbocycles. The van der Waals surface area contributed by atoms with Gasteiger partial charge in [0, 0.05) is 26.2 Å². The average Bonchev–Trinajstić information content (AvgIpc) is 2.95. The van der Waals surface area contributed by atoms with Crippen molar-refractivity contribution in [2.24, 2.45) is 0 Å². The number of rotatable bonds is 3. The summed E-state index contributed by atoms with van der Waals surface area (Å²) < 4.78 is 1.37. The highest BCUT2D eigenvalue weighted by atomic mass is 16.2. The Balaban J connectivity index is 1.90. The van der Waals surface area contributed by atoms with Crippen molar-refractivity contribution < 1.29 is 4.79 Å². The van der Waals surface area contributed by atoms with Gasteiger partial charge in [-0.05, 0) is 29.5 Å². The molecule has 3 rings (SSSR count). The highest BCUT2D eigenvalue weighted by molar-refractivity contribution is 5.85. The maximum atomic E-state index is 12.1. The number of hydrogen-bond donors (Lipinski definition) is 2. The summed E-state index contributed by atoms with van der Waals surface area (Å²) in [5, 5.41) is 21.6. The first-order chi connectivity index (χ1) is 9.79. The van der Waals surface area contributed by atoms with Crippen LogP contribution in [-0.4, -0.2) is 63.4 Å². The smallest absolute Gasteiger partial charge is 0.244 e. The van der Waals surface area contributed by atoms with Crippen molar-refractivity contribution >= 4 is 17.4 Å². The monoisotopic (exact) mass is 276 g/mol. The van der Waals surface area contributed by atoms with Gasteiger partial charge in [-0.3, -0.25) is 4.79 Å². The molecule has 1 fully saturated rings. The molecule has 1 unspecified atom stereocenters. The zero-order chi connectivity index (χ0) is 13.9. The summed E-state index contributed by atoms with van der Waals surface area (Å²) in [6, 6.07) is 3.35. The second-order valence-electron chi connectivity index (χ2n) is 4.53. The van der Waals surface area contributed by atoms with E-state index in [-0.39, 0.29) is 11.9 Å². The van der Waals surface area contributed by atoms with E-state index in [1.54, 1.807) is 6.07 Å². The van der Waals surface area contributed by atoms with Gasteiger partial charge >= 0.3 is 0 Å². The van der Waals surface area contributed by atoms with Gasteiger partial charge in [0.1, 0.15) is 6.04 Å². The zero-order valence-corrected chi connectivity index (χ0v) is 11.2. The first kappa shape index (κ1) is 12.7. The zero-order valence-electron chi connectivity index (χ0n) is 11.2. The number of carbonyl (C=O) groups is 1. The third-order valence-electron chi connectivity index (χ3n) is 3.25. The molecule has 1 aliphatic rings. The molecule has 2 aromatic rings. The van der Waals surface area contributed by atoms with E-state index in [0.717, 1.165) is 6.54 Å². The Hall–Kier alpha value is -2.29. The molecular formula is C11H16N8O. The fourth-order valence-electron chi connectivity index (χ4n) is 2.30. The van der Waals surface area contributed by atoms with Crippen molar-refractivity contribution in [3.05, 3.63) is 12.1 Å². The summed E-state index contributed by atoms with van der Waals surface area (Å²) in [6.07, 6.45) is 0. The van der Waals surface area contributed by atoms with Gasteiger partial charge in [-0.1, -0.05) is 0 Å². The first-order valence-corrected chi connectivity index (χ1v) is 6.60. The Kier molecular flexibility index (Phi) is 3.42. The lowest BCUT2D eigenvalue weighted by Gasteiger charge is -2.35. The topological polar surface area (TPSA) is 100 Å². The molecule has 2 aromatic heterocycles. The second-order valence-corrected chi connectivity index (χ2v) is 4.53. The molecule has 1 saturated heterocycles. The van der Waals surface area contributed by atoms with Crippen LogP contribution in [0.25, 0.3) is 5.65 Å². The Morgan fingerprint density at radius 2 is 2.45 bits per heavy atom. The number of hydrogen-bond acceptors (Lipinski definition) is 7. The molecule has 1 amide bonds. The molecule has 9 heteroatoms. The van der Waals surface area contributed by atoms with Crippen LogP contribution in [0.5, 0.6) is 0 Å². The van der Waals surface area contributed by atoms with Crippen LogP contribution >= 0.6 is 0 Å². The van der Waals surface area contributed by atoms with Crippen molar-refractivity contribution in [3.63, 3.8) is 0 Å². The van der Waals surface area contributed by atoms with E-state index in [4.69, 9.17) is 0 Å². The van der Waals surface area contributed by atoms with E-state index >= 15 is 0 Å². The summed E-state index contributed by atoms with van der Waals surface area (Å²) in [6.45, 7) is 4.64. The molecule has 1 aliphatic heterocycles. The molecular weight excluding hydrogens is 260 g/mol. The number of likely N-dealkylation sites (N-methyl/N-ethyl adjacent to an activating group) is 1. The summed E-state index contributed by atoms with van der Waals surface area (Å²) in [5.74, 6) is 0.695. The van der Waals surface area contributed by atoms with Crippen molar-refractivity contribution in [2.45, 2.75) is 13.0 Å². The Labute approximate surface area is 115 Å². The van der Waals surface area contributed by atoms with Gasteiger partial charge in [-0.2, -0.15) is 0 Å². The van der Waals surface area contributed by atoms with E-state index < -0.39 is 0 Å². The molecule has 1 atom stereocenters. The predicted molar refractivity (Wildman–Crippen MR) is 71.3 cm³/mol. The van der Waals surface area contributed by atoms with Crippen molar-refractivity contribution in [1.29, 1.82) is 0 Å². The normalized spacial score (nSPS) is 19.2. The minimum Gasteiger partial charge on any atom is -0.355 e. The van der Waals surface area contributed by atoms with Gasteiger partial charge < -0.3 is 15.5 Å². The lowest BCUT2D eigenvalue weighted by Crippen LogP contribution is -2.58. The number of tetrazole rings is 1. The van der Waals surface area contributed by atoms with Crippen molar-refractivity contribution in [1.82, 2.24) is 35.9 Å². The predicted octanol–water partition coefficient (Wildman–Crippen LogP) is -1.57. The maximum Gasteiger partial charge on any atom is 0.244 e. The molecule has 20 heavy (non-hydrogen) atoms. The number of aromatic nitrogens is 5. The Morgan fingerprint density at radius 3 is 3.30 bits per heavy atom. The summed E-state index contributed by atoms with van der Waals surface area (Å²) in [5.41, 5.74) is 0.582.